The van der Waals surface area contributed by atoms with Crippen LogP contribution in [0.25, 0.3) is 16.9 Å². The fourth-order valence-electron chi connectivity index (χ4n) is 2.60. The topological polar surface area (TPSA) is 64.3 Å². The van der Waals surface area contributed by atoms with Gasteiger partial charge in [-0.2, -0.15) is 5.10 Å². The molecule has 108 valence electrons. The van der Waals surface area contributed by atoms with E-state index >= 15 is 0 Å². The van der Waals surface area contributed by atoms with E-state index in [2.05, 4.69) is 5.10 Å². The first-order valence-electron chi connectivity index (χ1n) is 6.87. The van der Waals surface area contributed by atoms with Gasteiger partial charge in [0.05, 0.1) is 11.3 Å². The number of fused-ring (bicyclic) bond motifs is 3. The highest BCUT2D eigenvalue weighted by atomic mass is 16.5. The maximum absolute atomic E-state index is 11.1. The molecule has 5 nitrogen and oxygen atoms in total. The Morgan fingerprint density at radius 3 is 2.91 bits per heavy atom. The molecule has 22 heavy (non-hydrogen) atoms. The molecular weight excluding hydrogens is 280 g/mol. The van der Waals surface area contributed by atoms with E-state index < -0.39 is 5.97 Å². The van der Waals surface area contributed by atoms with Gasteiger partial charge < -0.3 is 9.84 Å². The fourth-order valence-corrected chi connectivity index (χ4v) is 2.60. The van der Waals surface area contributed by atoms with E-state index in [1.165, 1.54) is 0 Å². The van der Waals surface area contributed by atoms with Gasteiger partial charge in [0, 0.05) is 17.3 Å². The van der Waals surface area contributed by atoms with Gasteiger partial charge in [-0.15, -0.1) is 0 Å². The molecule has 1 N–H and O–H groups in total. The number of carboxylic acid groups (broad SMARTS) is 1. The lowest BCUT2D eigenvalue weighted by molar-refractivity contribution is 0.0697. The molecule has 0 unspecified atom stereocenters. The van der Waals surface area contributed by atoms with Crippen molar-refractivity contribution < 1.29 is 14.6 Å². The Morgan fingerprint density at radius 1 is 1.18 bits per heavy atom. The van der Waals surface area contributed by atoms with E-state index in [1.54, 1.807) is 22.9 Å². The van der Waals surface area contributed by atoms with Crippen molar-refractivity contribution in [3.8, 4) is 22.7 Å². The van der Waals surface area contributed by atoms with Gasteiger partial charge in [-0.1, -0.05) is 18.2 Å². The number of ether oxygens (including phenoxy) is 1. The minimum Gasteiger partial charge on any atom is -0.488 e. The summed E-state index contributed by atoms with van der Waals surface area (Å²) in [4.78, 5) is 11.1. The third-order valence-corrected chi connectivity index (χ3v) is 3.67. The molecule has 1 aliphatic heterocycles. The summed E-state index contributed by atoms with van der Waals surface area (Å²) in [6.45, 7) is 0.463. The summed E-state index contributed by atoms with van der Waals surface area (Å²) in [7, 11) is 0. The molecule has 1 aliphatic rings. The molecule has 5 heteroatoms. The average Bonchev–Trinajstić information content (AvgIpc) is 2.99. The van der Waals surface area contributed by atoms with E-state index in [0.29, 0.717) is 12.3 Å². The molecule has 0 atom stereocenters. The number of nitrogens with zero attached hydrogens (tertiary/aromatic N) is 2. The molecule has 0 aliphatic carbocycles. The largest absolute Gasteiger partial charge is 0.488 e. The van der Waals surface area contributed by atoms with Gasteiger partial charge in [-0.25, -0.2) is 9.48 Å². The Balaban J connectivity index is 1.82. The van der Waals surface area contributed by atoms with Crippen molar-refractivity contribution in [1.82, 2.24) is 9.78 Å². The second-order valence-electron chi connectivity index (χ2n) is 5.09. The lowest BCUT2D eigenvalue weighted by Crippen LogP contribution is -2.03. The minimum atomic E-state index is -0.951. The average molecular weight is 292 g/mol. The van der Waals surface area contributed by atoms with Gasteiger partial charge >= 0.3 is 5.97 Å². The molecule has 0 bridgehead atoms. The number of rotatable bonds is 2. The predicted octanol–water partition coefficient (Wildman–Crippen LogP) is 3.13. The summed E-state index contributed by atoms with van der Waals surface area (Å²) in [5.41, 5.74) is 3.77. The van der Waals surface area contributed by atoms with Crippen LogP contribution in [0, 0.1) is 0 Å². The van der Waals surface area contributed by atoms with E-state index in [1.807, 2.05) is 36.5 Å². The van der Waals surface area contributed by atoms with Gasteiger partial charge in [0.25, 0.3) is 0 Å². The smallest absolute Gasteiger partial charge is 0.335 e. The monoisotopic (exact) mass is 292 g/mol. The molecular formula is C17H12N2O3. The van der Waals surface area contributed by atoms with E-state index in [9.17, 15) is 4.79 Å². The first kappa shape index (κ1) is 12.6. The Labute approximate surface area is 126 Å². The summed E-state index contributed by atoms with van der Waals surface area (Å²) in [6, 6.07) is 14.5. The maximum Gasteiger partial charge on any atom is 0.335 e. The van der Waals surface area contributed by atoms with Crippen LogP contribution >= 0.6 is 0 Å². The van der Waals surface area contributed by atoms with Crippen molar-refractivity contribution in [2.45, 2.75) is 6.61 Å². The van der Waals surface area contributed by atoms with E-state index in [0.717, 1.165) is 22.6 Å². The quantitative estimate of drug-likeness (QED) is 0.788. The Morgan fingerprint density at radius 2 is 2.05 bits per heavy atom. The maximum atomic E-state index is 11.1. The Bertz CT molecular complexity index is 883. The second-order valence-corrected chi connectivity index (χ2v) is 5.09. The first-order valence-corrected chi connectivity index (χ1v) is 6.87. The standard InChI is InChI=1S/C17H12N2O3/c20-17(21)11-4-3-5-13(8-11)19-9-12-10-22-15-7-2-1-6-14(15)16(12)18-19/h1-9H,10H2,(H,20,21). The van der Waals surface area contributed by atoms with Crippen LogP contribution in [0.3, 0.4) is 0 Å². The van der Waals surface area contributed by atoms with Crippen molar-refractivity contribution in [1.29, 1.82) is 0 Å². The predicted molar refractivity (Wildman–Crippen MR) is 80.3 cm³/mol. The van der Waals surface area contributed by atoms with E-state index in [-0.39, 0.29) is 5.56 Å². The molecule has 2 heterocycles. The van der Waals surface area contributed by atoms with Crippen molar-refractivity contribution in [3.05, 3.63) is 65.9 Å². The SMILES string of the molecule is O=C(O)c1cccc(-n2cc3c(n2)-c2ccccc2OC3)c1. The lowest BCUT2D eigenvalue weighted by Gasteiger charge is -2.15. The van der Waals surface area contributed by atoms with Crippen LogP contribution < -0.4 is 4.74 Å². The number of aromatic carboxylic acids is 1. The summed E-state index contributed by atoms with van der Waals surface area (Å²) >= 11 is 0. The molecule has 3 aromatic rings. The molecule has 0 saturated carbocycles. The highest BCUT2D eigenvalue weighted by Crippen LogP contribution is 2.36. The number of carbonyl (C=O) groups is 1. The zero-order valence-electron chi connectivity index (χ0n) is 11.6. The Kier molecular flexibility index (Phi) is 2.72. The normalized spacial score (nSPS) is 12.2. The summed E-state index contributed by atoms with van der Waals surface area (Å²) in [5, 5.41) is 13.7. The van der Waals surface area contributed by atoms with Crippen molar-refractivity contribution in [3.63, 3.8) is 0 Å². The molecule has 0 spiro atoms. The van der Waals surface area contributed by atoms with Crippen molar-refractivity contribution >= 4 is 5.97 Å². The number of hydrogen-bond acceptors (Lipinski definition) is 3. The molecule has 1 aromatic heterocycles. The summed E-state index contributed by atoms with van der Waals surface area (Å²) in [5.74, 6) is -0.132. The number of para-hydroxylation sites is 1. The summed E-state index contributed by atoms with van der Waals surface area (Å²) < 4.78 is 7.41. The molecule has 0 amide bonds. The third-order valence-electron chi connectivity index (χ3n) is 3.67. The zero-order valence-corrected chi connectivity index (χ0v) is 11.6. The van der Waals surface area contributed by atoms with Gasteiger partial charge in [-0.3, -0.25) is 0 Å². The second kappa shape index (κ2) is 4.73. The molecule has 0 saturated heterocycles. The lowest BCUT2D eigenvalue weighted by atomic mass is 10.1. The first-order chi connectivity index (χ1) is 10.7. The van der Waals surface area contributed by atoms with Crippen LogP contribution in [0.15, 0.2) is 54.7 Å². The Hall–Kier alpha value is -3.08. The van der Waals surface area contributed by atoms with Crippen molar-refractivity contribution in [2.24, 2.45) is 0 Å². The van der Waals surface area contributed by atoms with Crippen LogP contribution in [-0.2, 0) is 6.61 Å². The van der Waals surface area contributed by atoms with Crippen LogP contribution in [0.5, 0.6) is 5.75 Å². The molecule has 0 fully saturated rings. The van der Waals surface area contributed by atoms with Crippen LogP contribution in [0.1, 0.15) is 15.9 Å². The van der Waals surface area contributed by atoms with Gasteiger partial charge in [0.1, 0.15) is 18.1 Å². The van der Waals surface area contributed by atoms with Gasteiger partial charge in [0.2, 0.25) is 0 Å². The number of hydrogen-bond donors (Lipinski definition) is 1. The summed E-state index contributed by atoms with van der Waals surface area (Å²) in [6.07, 6.45) is 1.88. The number of carboxylic acids is 1. The fraction of sp³-hybridized carbons (Fsp3) is 0.0588. The van der Waals surface area contributed by atoms with Crippen LogP contribution in [0.4, 0.5) is 0 Å². The molecule has 0 radical (unpaired) electrons. The highest BCUT2D eigenvalue weighted by Gasteiger charge is 2.21. The molecule has 2 aromatic carbocycles. The van der Waals surface area contributed by atoms with Gasteiger partial charge in [0.15, 0.2) is 0 Å². The van der Waals surface area contributed by atoms with Crippen molar-refractivity contribution in [2.75, 3.05) is 0 Å². The van der Waals surface area contributed by atoms with E-state index in [4.69, 9.17) is 9.84 Å². The number of benzene rings is 2. The van der Waals surface area contributed by atoms with Crippen LogP contribution in [0.2, 0.25) is 0 Å². The van der Waals surface area contributed by atoms with Crippen LogP contribution in [-0.4, -0.2) is 20.9 Å². The zero-order chi connectivity index (χ0) is 15.1. The highest BCUT2D eigenvalue weighted by molar-refractivity contribution is 5.88. The number of aromatic nitrogens is 2. The third kappa shape index (κ3) is 1.95. The minimum absolute atomic E-state index is 0.239. The molecule has 4 rings (SSSR count). The van der Waals surface area contributed by atoms with Gasteiger partial charge in [-0.05, 0) is 30.3 Å².